The average molecular weight is 322 g/mol. The number of nitrogens with two attached hydrogens (primary N) is 1. The van der Waals surface area contributed by atoms with Crippen molar-refractivity contribution in [3.8, 4) is 0 Å². The molecule has 0 fully saturated rings. The van der Waals surface area contributed by atoms with Gasteiger partial charge in [-0.25, -0.2) is 0 Å². The van der Waals surface area contributed by atoms with Gasteiger partial charge in [0.2, 0.25) is 0 Å². The summed E-state index contributed by atoms with van der Waals surface area (Å²) in [5.41, 5.74) is 6.61. The normalized spacial score (nSPS) is 11.7. The van der Waals surface area contributed by atoms with Gasteiger partial charge in [0.1, 0.15) is 0 Å². The molecule has 0 aliphatic carbocycles. The highest BCUT2D eigenvalue weighted by Crippen LogP contribution is 2.05. The van der Waals surface area contributed by atoms with Crippen LogP contribution in [0.5, 0.6) is 0 Å². The lowest BCUT2D eigenvalue weighted by Crippen LogP contribution is -2.46. The van der Waals surface area contributed by atoms with Crippen molar-refractivity contribution in [1.82, 2.24) is 9.03 Å². The number of benzene rings is 1. The van der Waals surface area contributed by atoms with Gasteiger partial charge in [0.25, 0.3) is 10.2 Å². The summed E-state index contributed by atoms with van der Waals surface area (Å²) in [5.74, 6) is 0. The molecule has 7 heteroatoms. The summed E-state index contributed by atoms with van der Waals surface area (Å²) in [6, 6.07) is 9.69. The van der Waals surface area contributed by atoms with E-state index in [9.17, 15) is 8.42 Å². The van der Waals surface area contributed by atoms with E-state index >= 15 is 0 Å². The Morgan fingerprint density at radius 1 is 1.20 bits per heavy atom. The maximum Gasteiger partial charge on any atom is 0.279 e. The van der Waals surface area contributed by atoms with Crippen LogP contribution in [-0.4, -0.2) is 38.4 Å². The standard InChI is InChI=1S/C13H23N3O2S.ClH/c1-12(2)15-19(17,18)16(11-9-14)10-8-13-6-4-3-5-7-13;/h3-7,12,15H,8-11,14H2,1-2H3;1H. The second-order valence-corrected chi connectivity index (χ2v) is 6.40. The van der Waals surface area contributed by atoms with E-state index < -0.39 is 10.2 Å². The zero-order chi connectivity index (χ0) is 14.3. The highest BCUT2D eigenvalue weighted by atomic mass is 35.5. The van der Waals surface area contributed by atoms with Crippen LogP contribution in [0.3, 0.4) is 0 Å². The van der Waals surface area contributed by atoms with Crippen molar-refractivity contribution >= 4 is 22.6 Å². The summed E-state index contributed by atoms with van der Waals surface area (Å²) in [6.45, 7) is 4.68. The van der Waals surface area contributed by atoms with E-state index in [4.69, 9.17) is 5.73 Å². The molecular formula is C13H24ClN3O2S. The van der Waals surface area contributed by atoms with Gasteiger partial charge in [-0.3, -0.25) is 0 Å². The second-order valence-electron chi connectivity index (χ2n) is 4.70. The van der Waals surface area contributed by atoms with Crippen LogP contribution in [0.1, 0.15) is 19.4 Å². The van der Waals surface area contributed by atoms with Crippen molar-refractivity contribution in [2.45, 2.75) is 26.3 Å². The molecule has 0 saturated heterocycles. The number of hydrogen-bond donors (Lipinski definition) is 2. The van der Waals surface area contributed by atoms with Gasteiger partial charge in [-0.1, -0.05) is 30.3 Å². The summed E-state index contributed by atoms with van der Waals surface area (Å²) >= 11 is 0. The predicted molar refractivity (Wildman–Crippen MR) is 85.2 cm³/mol. The summed E-state index contributed by atoms with van der Waals surface area (Å²) in [6.07, 6.45) is 0.680. The summed E-state index contributed by atoms with van der Waals surface area (Å²) in [7, 11) is -3.45. The van der Waals surface area contributed by atoms with Gasteiger partial charge in [0.05, 0.1) is 0 Å². The SMILES string of the molecule is CC(C)NS(=O)(=O)N(CCN)CCc1ccccc1.Cl. The fraction of sp³-hybridized carbons (Fsp3) is 0.538. The smallest absolute Gasteiger partial charge is 0.279 e. The van der Waals surface area contributed by atoms with Gasteiger partial charge < -0.3 is 5.73 Å². The van der Waals surface area contributed by atoms with Gasteiger partial charge in [0.15, 0.2) is 0 Å². The highest BCUT2D eigenvalue weighted by Gasteiger charge is 2.21. The van der Waals surface area contributed by atoms with E-state index in [0.29, 0.717) is 26.1 Å². The monoisotopic (exact) mass is 321 g/mol. The molecule has 0 spiro atoms. The molecule has 0 amide bonds. The Bertz CT molecular complexity index is 466. The lowest BCUT2D eigenvalue weighted by molar-refractivity contribution is 0.409. The summed E-state index contributed by atoms with van der Waals surface area (Å²) in [5, 5.41) is 0. The number of halogens is 1. The minimum atomic E-state index is -3.45. The fourth-order valence-electron chi connectivity index (χ4n) is 1.77. The fourth-order valence-corrected chi connectivity index (χ4v) is 3.19. The van der Waals surface area contributed by atoms with E-state index in [-0.39, 0.29) is 18.4 Å². The maximum atomic E-state index is 12.1. The van der Waals surface area contributed by atoms with Crippen molar-refractivity contribution in [1.29, 1.82) is 0 Å². The molecule has 0 saturated carbocycles. The molecule has 0 radical (unpaired) electrons. The number of nitrogens with one attached hydrogen (secondary N) is 1. The van der Waals surface area contributed by atoms with Crippen molar-refractivity contribution in [3.63, 3.8) is 0 Å². The Kier molecular flexibility index (Phi) is 9.00. The number of nitrogens with zero attached hydrogens (tertiary/aromatic N) is 1. The van der Waals surface area contributed by atoms with Crippen LogP contribution in [0.2, 0.25) is 0 Å². The highest BCUT2D eigenvalue weighted by molar-refractivity contribution is 7.87. The lowest BCUT2D eigenvalue weighted by atomic mass is 10.1. The third kappa shape index (κ3) is 6.67. The average Bonchev–Trinajstić information content (AvgIpc) is 2.34. The minimum absolute atomic E-state index is 0. The lowest BCUT2D eigenvalue weighted by Gasteiger charge is -2.23. The van der Waals surface area contributed by atoms with Crippen LogP contribution >= 0.6 is 12.4 Å². The van der Waals surface area contributed by atoms with Crippen LogP contribution in [0, 0.1) is 0 Å². The van der Waals surface area contributed by atoms with E-state index in [1.54, 1.807) is 13.8 Å². The third-order valence-corrected chi connectivity index (χ3v) is 4.41. The molecule has 1 aromatic carbocycles. The molecule has 116 valence electrons. The molecule has 0 aliphatic heterocycles. The first kappa shape index (κ1) is 19.3. The molecule has 3 N–H and O–H groups in total. The Labute approximate surface area is 128 Å². The molecule has 1 rings (SSSR count). The van der Waals surface area contributed by atoms with Crippen LogP contribution in [0.15, 0.2) is 30.3 Å². The van der Waals surface area contributed by atoms with E-state index in [1.165, 1.54) is 4.31 Å². The number of rotatable bonds is 8. The Balaban J connectivity index is 0.00000361. The second kappa shape index (κ2) is 9.31. The van der Waals surface area contributed by atoms with Crippen molar-refractivity contribution in [3.05, 3.63) is 35.9 Å². The summed E-state index contributed by atoms with van der Waals surface area (Å²) in [4.78, 5) is 0. The molecule has 0 aromatic heterocycles. The molecular weight excluding hydrogens is 298 g/mol. The van der Waals surface area contributed by atoms with E-state index in [0.717, 1.165) is 5.56 Å². The van der Waals surface area contributed by atoms with Crippen LogP contribution in [-0.2, 0) is 16.6 Å². The van der Waals surface area contributed by atoms with Gasteiger partial charge in [-0.2, -0.15) is 17.4 Å². The maximum absolute atomic E-state index is 12.1. The van der Waals surface area contributed by atoms with Gasteiger partial charge in [0, 0.05) is 25.7 Å². The van der Waals surface area contributed by atoms with Gasteiger partial charge >= 0.3 is 0 Å². The van der Waals surface area contributed by atoms with Crippen molar-refractivity contribution in [2.75, 3.05) is 19.6 Å². The quantitative estimate of drug-likeness (QED) is 0.754. The molecule has 0 bridgehead atoms. The molecule has 20 heavy (non-hydrogen) atoms. The van der Waals surface area contributed by atoms with Crippen molar-refractivity contribution in [2.24, 2.45) is 5.73 Å². The van der Waals surface area contributed by atoms with E-state index in [2.05, 4.69) is 4.72 Å². The third-order valence-electron chi connectivity index (χ3n) is 2.60. The molecule has 1 aromatic rings. The summed E-state index contributed by atoms with van der Waals surface area (Å²) < 4.78 is 28.2. The first-order valence-corrected chi connectivity index (χ1v) is 7.91. The molecule has 0 heterocycles. The molecule has 5 nitrogen and oxygen atoms in total. The van der Waals surface area contributed by atoms with Crippen molar-refractivity contribution < 1.29 is 8.42 Å². The molecule has 0 atom stereocenters. The predicted octanol–water partition coefficient (Wildman–Crippen LogP) is 1.15. The minimum Gasteiger partial charge on any atom is -0.329 e. The molecule has 0 unspecified atom stereocenters. The first-order chi connectivity index (χ1) is 8.95. The number of hydrogen-bond acceptors (Lipinski definition) is 3. The van der Waals surface area contributed by atoms with Gasteiger partial charge in [-0.15, -0.1) is 12.4 Å². The van der Waals surface area contributed by atoms with Crippen LogP contribution in [0.25, 0.3) is 0 Å². The van der Waals surface area contributed by atoms with Gasteiger partial charge in [-0.05, 0) is 25.8 Å². The van der Waals surface area contributed by atoms with Crippen LogP contribution < -0.4 is 10.5 Å². The zero-order valence-electron chi connectivity index (χ0n) is 12.0. The topological polar surface area (TPSA) is 75.4 Å². The Morgan fingerprint density at radius 2 is 1.80 bits per heavy atom. The Hall–Kier alpha value is -0.660. The van der Waals surface area contributed by atoms with E-state index in [1.807, 2.05) is 30.3 Å². The van der Waals surface area contributed by atoms with Crippen LogP contribution in [0.4, 0.5) is 0 Å². The zero-order valence-corrected chi connectivity index (χ0v) is 13.6. The Morgan fingerprint density at radius 3 is 2.30 bits per heavy atom. The molecule has 0 aliphatic rings. The largest absolute Gasteiger partial charge is 0.329 e. The first-order valence-electron chi connectivity index (χ1n) is 6.47.